The minimum Gasteiger partial charge on any atom is -0.439 e. The van der Waals surface area contributed by atoms with Crippen molar-refractivity contribution >= 4 is 17.6 Å². The lowest BCUT2D eigenvalue weighted by atomic mass is 9.97. The van der Waals surface area contributed by atoms with E-state index in [0.29, 0.717) is 37.8 Å². The molecule has 0 saturated carbocycles. The Morgan fingerprint density at radius 1 is 1.30 bits per heavy atom. The fraction of sp³-hybridized carbons (Fsp3) is 0.435. The number of carbonyl (C=O) groups is 1. The highest BCUT2D eigenvalue weighted by molar-refractivity contribution is 5.84. The summed E-state index contributed by atoms with van der Waals surface area (Å²) in [6.07, 6.45) is 2.83. The molecule has 0 bridgehead atoms. The Kier molecular flexibility index (Phi) is 6.59. The van der Waals surface area contributed by atoms with E-state index in [-0.39, 0.29) is 17.4 Å². The molecule has 1 aliphatic heterocycles. The molecule has 1 amide bonds. The van der Waals surface area contributed by atoms with E-state index in [1.807, 2.05) is 41.3 Å². The summed E-state index contributed by atoms with van der Waals surface area (Å²) >= 11 is 0. The van der Waals surface area contributed by atoms with Crippen LogP contribution in [-0.4, -0.2) is 34.3 Å². The highest BCUT2D eigenvalue weighted by atomic mass is 16.5. The predicted octanol–water partition coefficient (Wildman–Crippen LogP) is 3.97. The number of nitrogens with one attached hydrogen (secondary N) is 1. The maximum absolute atomic E-state index is 12.2. The van der Waals surface area contributed by atoms with E-state index in [9.17, 15) is 4.79 Å². The maximum Gasteiger partial charge on any atom is 0.220 e. The van der Waals surface area contributed by atoms with Crippen molar-refractivity contribution < 1.29 is 9.53 Å². The molecule has 1 aromatic heterocycles. The largest absolute Gasteiger partial charge is 0.439 e. The van der Waals surface area contributed by atoms with E-state index in [1.165, 1.54) is 0 Å². The van der Waals surface area contributed by atoms with E-state index in [1.54, 1.807) is 6.20 Å². The number of nitrogens with two attached hydrogens (primary N) is 1. The molecule has 3 rings (SSSR count). The van der Waals surface area contributed by atoms with Crippen LogP contribution in [0, 0.1) is 5.41 Å². The number of para-hydroxylation sites is 1. The molecule has 160 valence electrons. The first kappa shape index (κ1) is 21.6. The van der Waals surface area contributed by atoms with E-state index < -0.39 is 0 Å². The summed E-state index contributed by atoms with van der Waals surface area (Å²) in [7, 11) is 0. The Balaban J connectivity index is 1.61. The van der Waals surface area contributed by atoms with E-state index >= 15 is 0 Å². The van der Waals surface area contributed by atoms with Crippen molar-refractivity contribution in [2.24, 2.45) is 16.1 Å². The Labute approximate surface area is 178 Å². The van der Waals surface area contributed by atoms with Gasteiger partial charge in [-0.3, -0.25) is 4.79 Å². The SMILES string of the molecule is C[C@H](CCC(=O)NCC(C)(C)C)N1Cc2cc(Oc3ccccc3)ncc2N=C1N. The molecule has 2 aromatic rings. The van der Waals surface area contributed by atoms with Gasteiger partial charge >= 0.3 is 0 Å². The third kappa shape index (κ3) is 5.95. The molecule has 0 saturated heterocycles. The number of hydrogen-bond donors (Lipinski definition) is 2. The molecule has 1 aromatic carbocycles. The molecule has 7 heteroatoms. The van der Waals surface area contributed by atoms with Gasteiger partial charge < -0.3 is 20.7 Å². The first-order chi connectivity index (χ1) is 14.2. The van der Waals surface area contributed by atoms with Crippen LogP contribution >= 0.6 is 0 Å². The number of hydrogen-bond acceptors (Lipinski definition) is 6. The van der Waals surface area contributed by atoms with Gasteiger partial charge in [0, 0.05) is 37.2 Å². The van der Waals surface area contributed by atoms with Crippen LogP contribution in [0.25, 0.3) is 0 Å². The van der Waals surface area contributed by atoms with Crippen LogP contribution in [0.1, 0.15) is 46.1 Å². The lowest BCUT2D eigenvalue weighted by Crippen LogP contribution is -2.44. The van der Waals surface area contributed by atoms with Crippen LogP contribution in [0.4, 0.5) is 5.69 Å². The van der Waals surface area contributed by atoms with Gasteiger partial charge in [-0.15, -0.1) is 0 Å². The molecule has 30 heavy (non-hydrogen) atoms. The zero-order chi connectivity index (χ0) is 21.7. The zero-order valence-electron chi connectivity index (χ0n) is 18.2. The standard InChI is InChI=1S/C23H31N5O2/c1-16(10-11-20(29)26-15-23(2,3)4)28-14-17-12-21(25-13-19(17)27-22(28)24)30-18-8-6-5-7-9-18/h5-9,12-13,16H,10-11,14-15H2,1-4H3,(H2,24,27)(H,26,29)/t16-/m1/s1. The second-order valence-electron chi connectivity index (χ2n) is 8.89. The maximum atomic E-state index is 12.2. The average molecular weight is 410 g/mol. The van der Waals surface area contributed by atoms with Gasteiger partial charge in [0.25, 0.3) is 0 Å². The highest BCUT2D eigenvalue weighted by Crippen LogP contribution is 2.30. The van der Waals surface area contributed by atoms with E-state index in [4.69, 9.17) is 10.5 Å². The summed E-state index contributed by atoms with van der Waals surface area (Å²) in [6.45, 7) is 9.63. The summed E-state index contributed by atoms with van der Waals surface area (Å²) in [6, 6.07) is 11.5. The van der Waals surface area contributed by atoms with Crippen molar-refractivity contribution in [1.82, 2.24) is 15.2 Å². The summed E-state index contributed by atoms with van der Waals surface area (Å²) in [5, 5.41) is 2.99. The smallest absolute Gasteiger partial charge is 0.220 e. The van der Waals surface area contributed by atoms with Crippen LogP contribution in [0.2, 0.25) is 0 Å². The predicted molar refractivity (Wildman–Crippen MR) is 119 cm³/mol. The van der Waals surface area contributed by atoms with Crippen LogP contribution < -0.4 is 15.8 Å². The van der Waals surface area contributed by atoms with Crippen LogP contribution in [0.15, 0.2) is 47.6 Å². The number of guanidine groups is 1. The molecule has 3 N–H and O–H groups in total. The molecule has 1 aliphatic rings. The highest BCUT2D eigenvalue weighted by Gasteiger charge is 2.24. The van der Waals surface area contributed by atoms with Crippen molar-refractivity contribution in [2.75, 3.05) is 6.54 Å². The monoisotopic (exact) mass is 409 g/mol. The number of aliphatic imine (C=N–C) groups is 1. The lowest BCUT2D eigenvalue weighted by molar-refractivity contribution is -0.121. The molecular weight excluding hydrogens is 378 g/mol. The van der Waals surface area contributed by atoms with Crippen molar-refractivity contribution in [3.63, 3.8) is 0 Å². The molecule has 0 unspecified atom stereocenters. The van der Waals surface area contributed by atoms with Crippen molar-refractivity contribution in [3.05, 3.63) is 48.2 Å². The van der Waals surface area contributed by atoms with Crippen molar-refractivity contribution in [2.45, 2.75) is 53.1 Å². The van der Waals surface area contributed by atoms with Gasteiger partial charge in [0.15, 0.2) is 5.96 Å². The normalized spacial score (nSPS) is 14.5. The van der Waals surface area contributed by atoms with Gasteiger partial charge in [0.05, 0.1) is 11.9 Å². The van der Waals surface area contributed by atoms with Gasteiger partial charge in [-0.05, 0) is 30.9 Å². The molecule has 0 radical (unpaired) electrons. The number of amides is 1. The number of benzene rings is 1. The van der Waals surface area contributed by atoms with Gasteiger partial charge in [0.1, 0.15) is 5.75 Å². The number of ether oxygens (including phenoxy) is 1. The number of pyridine rings is 1. The number of aromatic nitrogens is 1. The quantitative estimate of drug-likeness (QED) is 0.722. The third-order valence-electron chi connectivity index (χ3n) is 4.91. The molecular formula is C23H31N5O2. The minimum atomic E-state index is 0.0624. The van der Waals surface area contributed by atoms with Crippen LogP contribution in [0.3, 0.4) is 0 Å². The second kappa shape index (κ2) is 9.15. The van der Waals surface area contributed by atoms with Crippen LogP contribution in [-0.2, 0) is 11.3 Å². The topological polar surface area (TPSA) is 92.8 Å². The summed E-state index contributed by atoms with van der Waals surface area (Å²) in [5.41, 5.74) is 8.01. The Hall–Kier alpha value is -3.09. The second-order valence-corrected chi connectivity index (χ2v) is 8.89. The summed E-state index contributed by atoms with van der Waals surface area (Å²) < 4.78 is 5.84. The molecule has 1 atom stereocenters. The van der Waals surface area contributed by atoms with E-state index in [0.717, 1.165) is 17.0 Å². The molecule has 0 spiro atoms. The number of nitrogens with zero attached hydrogens (tertiary/aromatic N) is 3. The Morgan fingerprint density at radius 3 is 2.73 bits per heavy atom. The molecule has 0 aliphatic carbocycles. The first-order valence-corrected chi connectivity index (χ1v) is 10.3. The minimum absolute atomic E-state index is 0.0624. The van der Waals surface area contributed by atoms with Gasteiger partial charge in [-0.2, -0.15) is 0 Å². The summed E-state index contributed by atoms with van der Waals surface area (Å²) in [5.74, 6) is 1.76. The molecule has 0 fully saturated rings. The zero-order valence-corrected chi connectivity index (χ0v) is 18.2. The number of rotatable bonds is 7. The Morgan fingerprint density at radius 2 is 2.03 bits per heavy atom. The van der Waals surface area contributed by atoms with Crippen LogP contribution in [0.5, 0.6) is 11.6 Å². The summed E-state index contributed by atoms with van der Waals surface area (Å²) in [4.78, 5) is 23.0. The molecule has 2 heterocycles. The first-order valence-electron chi connectivity index (χ1n) is 10.3. The lowest BCUT2D eigenvalue weighted by Gasteiger charge is -2.33. The van der Waals surface area contributed by atoms with Gasteiger partial charge in [0.2, 0.25) is 11.8 Å². The van der Waals surface area contributed by atoms with E-state index in [2.05, 4.69) is 43.0 Å². The average Bonchev–Trinajstić information content (AvgIpc) is 2.70. The fourth-order valence-electron chi connectivity index (χ4n) is 3.14. The van der Waals surface area contributed by atoms with Gasteiger partial charge in [-0.25, -0.2) is 9.98 Å². The number of fused-ring (bicyclic) bond motifs is 1. The van der Waals surface area contributed by atoms with Crippen molar-refractivity contribution in [1.29, 1.82) is 0 Å². The van der Waals surface area contributed by atoms with Gasteiger partial charge in [-0.1, -0.05) is 39.0 Å². The fourth-order valence-corrected chi connectivity index (χ4v) is 3.14. The number of carbonyl (C=O) groups excluding carboxylic acids is 1. The molecule has 7 nitrogen and oxygen atoms in total. The third-order valence-corrected chi connectivity index (χ3v) is 4.91. The van der Waals surface area contributed by atoms with Crippen molar-refractivity contribution in [3.8, 4) is 11.6 Å². The Bertz CT molecular complexity index is 906.